The molecule has 2 rings (SSSR count). The molecule has 0 fully saturated rings. The van der Waals surface area contributed by atoms with Gasteiger partial charge in [0.15, 0.2) is 6.29 Å². The van der Waals surface area contributed by atoms with Crippen molar-refractivity contribution in [3.63, 3.8) is 0 Å². The third-order valence-electron chi connectivity index (χ3n) is 2.15. The summed E-state index contributed by atoms with van der Waals surface area (Å²) >= 11 is 0. The van der Waals surface area contributed by atoms with Gasteiger partial charge < -0.3 is 15.3 Å². The smallest absolute Gasteiger partial charge is 0.153 e. The maximum absolute atomic E-state index is 10.1. The summed E-state index contributed by atoms with van der Waals surface area (Å²) in [5.74, 6) is -0.127. The van der Waals surface area contributed by atoms with Crippen LogP contribution in [0.3, 0.4) is 0 Å². The summed E-state index contributed by atoms with van der Waals surface area (Å²) in [6.07, 6.45) is 1.22. The largest absolute Gasteiger partial charge is 0.508 e. The Balaban J connectivity index is 0.000000191. The van der Waals surface area contributed by atoms with Gasteiger partial charge in [0.1, 0.15) is 23.5 Å². The van der Waals surface area contributed by atoms with Crippen molar-refractivity contribution in [3.05, 3.63) is 53.6 Å². The lowest BCUT2D eigenvalue weighted by Gasteiger charge is -1.95. The van der Waals surface area contributed by atoms with E-state index in [9.17, 15) is 9.59 Å². The van der Waals surface area contributed by atoms with Crippen molar-refractivity contribution in [2.75, 3.05) is 0 Å². The highest BCUT2D eigenvalue weighted by molar-refractivity contribution is 5.79. The molecule has 0 aliphatic rings. The van der Waals surface area contributed by atoms with Crippen molar-refractivity contribution < 1.29 is 24.9 Å². The van der Waals surface area contributed by atoms with E-state index in [1.807, 2.05) is 0 Å². The van der Waals surface area contributed by atoms with Crippen LogP contribution in [0.25, 0.3) is 0 Å². The average molecular weight is 260 g/mol. The quantitative estimate of drug-likeness (QED) is 0.719. The average Bonchev–Trinajstić information content (AvgIpc) is 2.39. The number of phenolic OH excluding ortho intramolecular Hbond substituents is 3. The van der Waals surface area contributed by atoms with E-state index in [1.54, 1.807) is 12.1 Å². The second-order valence-electron chi connectivity index (χ2n) is 3.57. The van der Waals surface area contributed by atoms with Crippen molar-refractivity contribution in [2.24, 2.45) is 0 Å². The zero-order valence-corrected chi connectivity index (χ0v) is 9.85. The van der Waals surface area contributed by atoms with Crippen LogP contribution in [-0.2, 0) is 0 Å². The first kappa shape index (κ1) is 14.2. The molecule has 0 spiro atoms. The van der Waals surface area contributed by atoms with E-state index in [2.05, 4.69) is 0 Å². The van der Waals surface area contributed by atoms with Crippen LogP contribution in [0, 0.1) is 0 Å². The second-order valence-corrected chi connectivity index (χ2v) is 3.57. The van der Waals surface area contributed by atoms with Crippen molar-refractivity contribution in [2.45, 2.75) is 0 Å². The summed E-state index contributed by atoms with van der Waals surface area (Å²) in [5, 5.41) is 26.4. The van der Waals surface area contributed by atoms with Crippen LogP contribution in [0.5, 0.6) is 17.2 Å². The van der Waals surface area contributed by atoms with Crippen molar-refractivity contribution in [3.8, 4) is 17.2 Å². The summed E-state index contributed by atoms with van der Waals surface area (Å²) in [7, 11) is 0. The summed E-state index contributed by atoms with van der Waals surface area (Å²) in [5.41, 5.74) is 0.674. The maximum atomic E-state index is 10.1. The molecule has 5 heteroatoms. The van der Waals surface area contributed by atoms with Gasteiger partial charge in [0.2, 0.25) is 0 Å². The number of aromatic hydroxyl groups is 3. The van der Waals surface area contributed by atoms with Gasteiger partial charge in [-0.3, -0.25) is 9.59 Å². The van der Waals surface area contributed by atoms with E-state index in [-0.39, 0.29) is 22.8 Å². The molecule has 19 heavy (non-hydrogen) atoms. The van der Waals surface area contributed by atoms with Crippen molar-refractivity contribution in [1.29, 1.82) is 0 Å². The third kappa shape index (κ3) is 4.51. The minimum atomic E-state index is -0.199. The Morgan fingerprint density at radius 3 is 1.95 bits per heavy atom. The summed E-state index contributed by atoms with van der Waals surface area (Å²) in [6.45, 7) is 0. The van der Waals surface area contributed by atoms with Gasteiger partial charge in [-0.1, -0.05) is 12.1 Å². The molecule has 0 atom stereocenters. The molecule has 0 aromatic heterocycles. The zero-order chi connectivity index (χ0) is 14.3. The fourth-order valence-electron chi connectivity index (χ4n) is 1.23. The van der Waals surface area contributed by atoms with Gasteiger partial charge >= 0.3 is 0 Å². The van der Waals surface area contributed by atoms with E-state index < -0.39 is 0 Å². The maximum Gasteiger partial charge on any atom is 0.153 e. The minimum Gasteiger partial charge on any atom is -0.508 e. The second kappa shape index (κ2) is 6.80. The standard InChI is InChI=1S/C7H6O3.C7H6O2/c8-4-5-1-2-6(9)3-7(5)10;8-5-6-2-1-3-7(9)4-6/h1-4,9-10H;1-5,9H. The molecule has 0 unspecified atom stereocenters. The molecule has 3 N–H and O–H groups in total. The van der Waals surface area contributed by atoms with Crippen LogP contribution < -0.4 is 0 Å². The van der Waals surface area contributed by atoms with Gasteiger partial charge in [-0.15, -0.1) is 0 Å². The van der Waals surface area contributed by atoms with Gasteiger partial charge in [-0.2, -0.15) is 0 Å². The molecule has 5 nitrogen and oxygen atoms in total. The molecule has 0 radical (unpaired) electrons. The van der Waals surface area contributed by atoms with Crippen LogP contribution in [0.4, 0.5) is 0 Å². The Morgan fingerprint density at radius 2 is 1.47 bits per heavy atom. The first-order valence-electron chi connectivity index (χ1n) is 5.28. The monoisotopic (exact) mass is 260 g/mol. The number of carbonyl (C=O) groups is 2. The molecule has 2 aromatic rings. The molecule has 98 valence electrons. The number of benzene rings is 2. The molecular formula is C14H12O5. The molecule has 0 heterocycles. The van der Waals surface area contributed by atoms with E-state index in [0.29, 0.717) is 18.1 Å². The highest BCUT2D eigenvalue weighted by Crippen LogP contribution is 2.20. The highest BCUT2D eigenvalue weighted by Gasteiger charge is 1.98. The minimum absolute atomic E-state index is 0.0527. The lowest BCUT2D eigenvalue weighted by molar-refractivity contribution is 0.111. The molecule has 0 aliphatic carbocycles. The Bertz CT molecular complexity index is 578. The van der Waals surface area contributed by atoms with E-state index in [4.69, 9.17) is 15.3 Å². The number of hydrogen-bond donors (Lipinski definition) is 3. The molecule has 0 bridgehead atoms. The molecule has 0 saturated carbocycles. The lowest BCUT2D eigenvalue weighted by atomic mass is 10.2. The normalized spacial score (nSPS) is 9.05. The molecular weight excluding hydrogens is 248 g/mol. The van der Waals surface area contributed by atoms with Crippen LogP contribution in [0.2, 0.25) is 0 Å². The number of carbonyl (C=O) groups excluding carboxylic acids is 2. The highest BCUT2D eigenvalue weighted by atomic mass is 16.3. The van der Waals surface area contributed by atoms with E-state index in [0.717, 1.165) is 6.07 Å². The molecule has 0 saturated heterocycles. The predicted octanol–water partition coefficient (Wildman–Crippen LogP) is 2.11. The fourth-order valence-corrected chi connectivity index (χ4v) is 1.23. The Hall–Kier alpha value is -2.82. The van der Waals surface area contributed by atoms with Gasteiger partial charge in [-0.05, 0) is 24.3 Å². The summed E-state index contributed by atoms with van der Waals surface area (Å²) in [4.78, 5) is 20.1. The topological polar surface area (TPSA) is 94.8 Å². The molecule has 0 amide bonds. The lowest BCUT2D eigenvalue weighted by Crippen LogP contribution is -1.78. The van der Waals surface area contributed by atoms with Crippen molar-refractivity contribution in [1.82, 2.24) is 0 Å². The van der Waals surface area contributed by atoms with E-state index >= 15 is 0 Å². The summed E-state index contributed by atoms with van der Waals surface area (Å²) in [6, 6.07) is 9.98. The Labute approximate surface area is 109 Å². The number of aldehydes is 2. The van der Waals surface area contributed by atoms with Gasteiger partial charge in [0.05, 0.1) is 5.56 Å². The Kier molecular flexibility index (Phi) is 5.10. The van der Waals surface area contributed by atoms with Crippen LogP contribution in [0.1, 0.15) is 20.7 Å². The first-order chi connectivity index (χ1) is 9.06. The van der Waals surface area contributed by atoms with Crippen LogP contribution in [0.15, 0.2) is 42.5 Å². The van der Waals surface area contributed by atoms with Crippen molar-refractivity contribution >= 4 is 12.6 Å². The van der Waals surface area contributed by atoms with Crippen LogP contribution in [-0.4, -0.2) is 27.9 Å². The van der Waals surface area contributed by atoms with Crippen LogP contribution >= 0.6 is 0 Å². The van der Waals surface area contributed by atoms with Gasteiger partial charge in [-0.25, -0.2) is 0 Å². The number of phenols is 3. The predicted molar refractivity (Wildman–Crippen MR) is 68.7 cm³/mol. The number of hydrogen-bond acceptors (Lipinski definition) is 5. The zero-order valence-electron chi connectivity index (χ0n) is 9.85. The van der Waals surface area contributed by atoms with E-state index in [1.165, 1.54) is 24.3 Å². The number of rotatable bonds is 2. The van der Waals surface area contributed by atoms with Gasteiger partial charge in [0, 0.05) is 11.6 Å². The third-order valence-corrected chi connectivity index (χ3v) is 2.15. The molecule has 0 aliphatic heterocycles. The summed E-state index contributed by atoms with van der Waals surface area (Å²) < 4.78 is 0. The Morgan fingerprint density at radius 1 is 0.789 bits per heavy atom. The fraction of sp³-hybridized carbons (Fsp3) is 0. The van der Waals surface area contributed by atoms with Gasteiger partial charge in [0.25, 0.3) is 0 Å². The first-order valence-corrected chi connectivity index (χ1v) is 5.28. The SMILES string of the molecule is O=Cc1ccc(O)cc1O.O=Cc1cccc(O)c1. The molecule has 2 aromatic carbocycles.